The molecule has 0 aromatic carbocycles. The normalized spacial score (nSPS) is 19.2. The largest absolute Gasteiger partial charge is 0.481 e. The lowest BCUT2D eigenvalue weighted by Crippen LogP contribution is -2.48. The summed E-state index contributed by atoms with van der Waals surface area (Å²) < 4.78 is 0. The number of aliphatic carboxylic acids is 1. The van der Waals surface area contributed by atoms with Gasteiger partial charge in [0.25, 0.3) is 0 Å². The van der Waals surface area contributed by atoms with Crippen LogP contribution in [0.4, 0.5) is 4.79 Å². The molecule has 0 radical (unpaired) electrons. The molecule has 1 heterocycles. The van der Waals surface area contributed by atoms with E-state index in [1.807, 2.05) is 6.92 Å². The summed E-state index contributed by atoms with van der Waals surface area (Å²) in [6, 6.07) is -0.552. The van der Waals surface area contributed by atoms with Gasteiger partial charge in [0.05, 0.1) is 5.92 Å². The number of nitrogens with one attached hydrogen (secondary N) is 1. The van der Waals surface area contributed by atoms with Crippen LogP contribution in [0, 0.1) is 5.92 Å². The highest BCUT2D eigenvalue weighted by Crippen LogP contribution is 2.10. The van der Waals surface area contributed by atoms with Crippen LogP contribution < -0.4 is 5.32 Å². The van der Waals surface area contributed by atoms with E-state index >= 15 is 0 Å². The summed E-state index contributed by atoms with van der Waals surface area (Å²) in [7, 11) is 0. The molecule has 0 aromatic heterocycles. The average Bonchev–Trinajstić information content (AvgIpc) is 2.27. The summed E-state index contributed by atoms with van der Waals surface area (Å²) in [5.74, 6) is -1.48. The third-order valence-corrected chi connectivity index (χ3v) is 3.11. The zero-order valence-electron chi connectivity index (χ0n) is 10.6. The predicted octanol–water partition coefficient (Wildman–Crippen LogP) is 1.46. The van der Waals surface area contributed by atoms with Gasteiger partial charge in [-0.25, -0.2) is 4.79 Å². The SMILES string of the molecule is CC1=CCCN(C(=O)NC(C)C(C)C(=O)O)C1. The molecule has 96 valence electrons. The zero-order valence-corrected chi connectivity index (χ0v) is 10.6. The van der Waals surface area contributed by atoms with Gasteiger partial charge in [0, 0.05) is 19.1 Å². The Labute approximate surface area is 101 Å². The molecule has 17 heavy (non-hydrogen) atoms. The van der Waals surface area contributed by atoms with Crippen LogP contribution in [-0.4, -0.2) is 41.1 Å². The fourth-order valence-electron chi connectivity index (χ4n) is 1.71. The number of carbonyl (C=O) groups is 2. The molecule has 1 rings (SSSR count). The maximum atomic E-state index is 11.9. The van der Waals surface area contributed by atoms with E-state index in [0.29, 0.717) is 13.1 Å². The van der Waals surface area contributed by atoms with Crippen molar-refractivity contribution in [1.82, 2.24) is 10.2 Å². The predicted molar refractivity (Wildman–Crippen MR) is 64.7 cm³/mol. The number of nitrogens with zero attached hydrogens (tertiary/aromatic N) is 1. The Morgan fingerprint density at radius 1 is 1.47 bits per heavy atom. The highest BCUT2D eigenvalue weighted by molar-refractivity contribution is 5.77. The summed E-state index contributed by atoms with van der Waals surface area (Å²) in [6.07, 6.45) is 2.98. The van der Waals surface area contributed by atoms with E-state index in [2.05, 4.69) is 11.4 Å². The highest BCUT2D eigenvalue weighted by Gasteiger charge is 2.24. The van der Waals surface area contributed by atoms with Crippen molar-refractivity contribution in [2.24, 2.45) is 5.92 Å². The molecule has 1 aliphatic rings. The molecule has 1 aliphatic heterocycles. The van der Waals surface area contributed by atoms with Crippen molar-refractivity contribution < 1.29 is 14.7 Å². The molecule has 2 atom stereocenters. The molecule has 2 unspecified atom stereocenters. The Balaban J connectivity index is 2.49. The Bertz CT molecular complexity index is 339. The molecule has 0 aliphatic carbocycles. The summed E-state index contributed by atoms with van der Waals surface area (Å²) in [4.78, 5) is 24.4. The first-order valence-electron chi connectivity index (χ1n) is 5.85. The molecule has 2 N–H and O–H groups in total. The van der Waals surface area contributed by atoms with Crippen molar-refractivity contribution in [3.8, 4) is 0 Å². The highest BCUT2D eigenvalue weighted by atomic mass is 16.4. The van der Waals surface area contributed by atoms with E-state index in [0.717, 1.165) is 6.42 Å². The topological polar surface area (TPSA) is 69.6 Å². The molecule has 0 saturated heterocycles. The number of carboxylic acids is 1. The van der Waals surface area contributed by atoms with Crippen LogP contribution in [0.25, 0.3) is 0 Å². The van der Waals surface area contributed by atoms with Crippen molar-refractivity contribution in [2.75, 3.05) is 13.1 Å². The summed E-state index contributed by atoms with van der Waals surface area (Å²) in [5, 5.41) is 11.6. The molecular formula is C12H20N2O3. The molecule has 0 fully saturated rings. The maximum absolute atomic E-state index is 11.9. The number of hydrogen-bond donors (Lipinski definition) is 2. The summed E-state index contributed by atoms with van der Waals surface area (Å²) >= 11 is 0. The molecular weight excluding hydrogens is 220 g/mol. The van der Waals surface area contributed by atoms with Crippen molar-refractivity contribution in [3.63, 3.8) is 0 Å². The summed E-state index contributed by atoms with van der Waals surface area (Å²) in [5.41, 5.74) is 1.17. The Morgan fingerprint density at radius 3 is 2.65 bits per heavy atom. The average molecular weight is 240 g/mol. The minimum atomic E-state index is -0.896. The number of carbonyl (C=O) groups excluding carboxylic acids is 1. The number of rotatable bonds is 3. The lowest BCUT2D eigenvalue weighted by Gasteiger charge is -2.28. The van der Waals surface area contributed by atoms with Crippen LogP contribution in [0.1, 0.15) is 27.2 Å². The first-order valence-corrected chi connectivity index (χ1v) is 5.85. The Morgan fingerprint density at radius 2 is 2.12 bits per heavy atom. The van der Waals surface area contributed by atoms with Gasteiger partial charge in [-0.05, 0) is 27.2 Å². The second kappa shape index (κ2) is 5.70. The fourth-order valence-corrected chi connectivity index (χ4v) is 1.71. The van der Waals surface area contributed by atoms with E-state index in [9.17, 15) is 9.59 Å². The van der Waals surface area contributed by atoms with Gasteiger partial charge in [0.1, 0.15) is 0 Å². The van der Waals surface area contributed by atoms with Crippen molar-refractivity contribution in [2.45, 2.75) is 33.2 Å². The van der Waals surface area contributed by atoms with Crippen LogP contribution in [0.3, 0.4) is 0 Å². The van der Waals surface area contributed by atoms with E-state index in [4.69, 9.17) is 5.11 Å². The fraction of sp³-hybridized carbons (Fsp3) is 0.667. The maximum Gasteiger partial charge on any atom is 0.317 e. The van der Waals surface area contributed by atoms with Crippen molar-refractivity contribution in [1.29, 1.82) is 0 Å². The minimum absolute atomic E-state index is 0.182. The van der Waals surface area contributed by atoms with Crippen molar-refractivity contribution in [3.05, 3.63) is 11.6 Å². The van der Waals surface area contributed by atoms with Crippen molar-refractivity contribution >= 4 is 12.0 Å². The lowest BCUT2D eigenvalue weighted by molar-refractivity contribution is -0.141. The number of hydrogen-bond acceptors (Lipinski definition) is 2. The van der Waals surface area contributed by atoms with Gasteiger partial charge in [-0.1, -0.05) is 11.6 Å². The third kappa shape index (κ3) is 3.76. The van der Waals surface area contributed by atoms with Crippen LogP contribution >= 0.6 is 0 Å². The molecule has 0 bridgehead atoms. The lowest BCUT2D eigenvalue weighted by atomic mass is 10.0. The number of urea groups is 1. The van der Waals surface area contributed by atoms with Crippen LogP contribution in [0.5, 0.6) is 0 Å². The van der Waals surface area contributed by atoms with Gasteiger partial charge >= 0.3 is 12.0 Å². The van der Waals surface area contributed by atoms with Gasteiger partial charge in [0.15, 0.2) is 0 Å². The first-order chi connectivity index (χ1) is 7.91. The standard InChI is InChI=1S/C12H20N2O3/c1-8-5-4-6-14(7-8)12(17)13-10(3)9(2)11(15)16/h5,9-10H,4,6-7H2,1-3H3,(H,13,17)(H,15,16). The first kappa shape index (κ1) is 13.5. The van der Waals surface area contributed by atoms with E-state index in [1.54, 1.807) is 18.7 Å². The smallest absolute Gasteiger partial charge is 0.317 e. The molecule has 5 nitrogen and oxygen atoms in total. The molecule has 2 amide bonds. The minimum Gasteiger partial charge on any atom is -0.481 e. The molecule has 0 aromatic rings. The molecule has 0 spiro atoms. The van der Waals surface area contributed by atoms with E-state index in [1.165, 1.54) is 5.57 Å². The van der Waals surface area contributed by atoms with E-state index < -0.39 is 11.9 Å². The zero-order chi connectivity index (χ0) is 13.0. The van der Waals surface area contributed by atoms with Crippen LogP contribution in [-0.2, 0) is 4.79 Å². The monoisotopic (exact) mass is 240 g/mol. The van der Waals surface area contributed by atoms with E-state index in [-0.39, 0.29) is 12.1 Å². The van der Waals surface area contributed by atoms with Gasteiger partial charge < -0.3 is 15.3 Å². The Kier molecular flexibility index (Phi) is 4.54. The third-order valence-electron chi connectivity index (χ3n) is 3.11. The van der Waals surface area contributed by atoms with Crippen LogP contribution in [0.15, 0.2) is 11.6 Å². The molecule has 0 saturated carbocycles. The quantitative estimate of drug-likeness (QED) is 0.734. The second-order valence-electron chi connectivity index (χ2n) is 4.63. The van der Waals surface area contributed by atoms with Gasteiger partial charge in [0.2, 0.25) is 0 Å². The number of amides is 2. The van der Waals surface area contributed by atoms with Crippen LogP contribution in [0.2, 0.25) is 0 Å². The van der Waals surface area contributed by atoms with Gasteiger partial charge in [-0.3, -0.25) is 4.79 Å². The summed E-state index contributed by atoms with van der Waals surface area (Å²) in [6.45, 7) is 6.61. The number of carboxylic acid groups (broad SMARTS) is 1. The van der Waals surface area contributed by atoms with Gasteiger partial charge in [-0.15, -0.1) is 0 Å². The second-order valence-corrected chi connectivity index (χ2v) is 4.63. The Hall–Kier alpha value is -1.52. The van der Waals surface area contributed by atoms with Gasteiger partial charge in [-0.2, -0.15) is 0 Å². The molecule has 5 heteroatoms.